The number of nitrogens with one attached hydrogen (secondary N) is 1. The summed E-state index contributed by atoms with van der Waals surface area (Å²) in [4.78, 5) is 4.36. The van der Waals surface area contributed by atoms with Gasteiger partial charge in [0.15, 0.2) is 0 Å². The summed E-state index contributed by atoms with van der Waals surface area (Å²) in [5.41, 5.74) is 1.50. The normalized spacial score (nSPS) is 10.8. The molecule has 0 saturated carbocycles. The Morgan fingerprint density at radius 2 is 2.12 bits per heavy atom. The molecule has 0 bridgehead atoms. The van der Waals surface area contributed by atoms with E-state index in [0.717, 1.165) is 10.3 Å². The summed E-state index contributed by atoms with van der Waals surface area (Å²) in [6, 6.07) is 6.65. The molecule has 0 unspecified atom stereocenters. The Morgan fingerprint density at radius 1 is 1.41 bits per heavy atom. The minimum absolute atomic E-state index is 0.260. The van der Waals surface area contributed by atoms with Crippen molar-refractivity contribution in [3.63, 3.8) is 0 Å². The molecule has 90 valence electrons. The van der Waals surface area contributed by atoms with Gasteiger partial charge in [-0.25, -0.2) is 9.37 Å². The van der Waals surface area contributed by atoms with Gasteiger partial charge < -0.3 is 9.88 Å². The maximum atomic E-state index is 13.7. The van der Waals surface area contributed by atoms with Crippen LogP contribution in [0.5, 0.6) is 0 Å². The maximum absolute atomic E-state index is 13.7. The summed E-state index contributed by atoms with van der Waals surface area (Å²) in [6.45, 7) is 0.679. The molecule has 1 aromatic carbocycles. The van der Waals surface area contributed by atoms with E-state index in [-0.39, 0.29) is 5.82 Å². The number of halogens is 2. The van der Waals surface area contributed by atoms with Crippen molar-refractivity contribution in [1.29, 1.82) is 0 Å². The zero-order valence-corrected chi connectivity index (χ0v) is 11.3. The second kappa shape index (κ2) is 4.98. The molecule has 1 aromatic heterocycles. The van der Waals surface area contributed by atoms with Gasteiger partial charge in [-0.15, -0.1) is 0 Å². The van der Waals surface area contributed by atoms with Crippen LogP contribution in [-0.2, 0) is 13.6 Å². The van der Waals surface area contributed by atoms with Crippen molar-refractivity contribution in [3.8, 4) is 11.4 Å². The van der Waals surface area contributed by atoms with Crippen LogP contribution >= 0.6 is 15.9 Å². The molecule has 0 saturated heterocycles. The fraction of sp³-hybridized carbons (Fsp3) is 0.250. The first-order valence-electron chi connectivity index (χ1n) is 5.25. The molecule has 0 fully saturated rings. The first-order chi connectivity index (χ1) is 8.15. The Kier molecular flexibility index (Phi) is 3.59. The minimum Gasteiger partial charge on any atom is -0.329 e. The molecule has 17 heavy (non-hydrogen) atoms. The molecule has 5 heteroatoms. The SMILES string of the molecule is CNCc1c(Br)nc(-c2ccccc2F)n1C. The van der Waals surface area contributed by atoms with E-state index in [9.17, 15) is 4.39 Å². The number of hydrogen-bond donors (Lipinski definition) is 1. The van der Waals surface area contributed by atoms with Crippen LogP contribution in [0, 0.1) is 5.82 Å². The highest BCUT2D eigenvalue weighted by molar-refractivity contribution is 9.10. The Hall–Kier alpha value is -1.20. The maximum Gasteiger partial charge on any atom is 0.144 e. The lowest BCUT2D eigenvalue weighted by atomic mass is 10.2. The van der Waals surface area contributed by atoms with E-state index < -0.39 is 0 Å². The van der Waals surface area contributed by atoms with Gasteiger partial charge in [0, 0.05) is 13.6 Å². The van der Waals surface area contributed by atoms with Crippen LogP contribution in [0.4, 0.5) is 4.39 Å². The van der Waals surface area contributed by atoms with Crippen molar-refractivity contribution in [2.24, 2.45) is 7.05 Å². The van der Waals surface area contributed by atoms with E-state index in [2.05, 4.69) is 26.2 Å². The number of rotatable bonds is 3. The number of hydrogen-bond acceptors (Lipinski definition) is 2. The van der Waals surface area contributed by atoms with Crippen molar-refractivity contribution in [3.05, 3.63) is 40.4 Å². The van der Waals surface area contributed by atoms with Crippen LogP contribution in [0.15, 0.2) is 28.9 Å². The smallest absolute Gasteiger partial charge is 0.144 e. The molecule has 0 atom stereocenters. The van der Waals surface area contributed by atoms with Crippen molar-refractivity contribution in [2.45, 2.75) is 6.54 Å². The molecule has 2 aromatic rings. The summed E-state index contributed by atoms with van der Waals surface area (Å²) in [5.74, 6) is 0.365. The standard InChI is InChI=1S/C12H13BrFN3/c1-15-7-10-11(13)16-12(17(10)2)8-5-3-4-6-9(8)14/h3-6,15H,7H2,1-2H3. The third-order valence-corrected chi connectivity index (χ3v) is 3.26. The van der Waals surface area contributed by atoms with E-state index in [1.165, 1.54) is 6.07 Å². The van der Waals surface area contributed by atoms with E-state index in [0.29, 0.717) is 17.9 Å². The Labute approximate surface area is 108 Å². The molecule has 0 spiro atoms. The molecule has 0 aliphatic carbocycles. The van der Waals surface area contributed by atoms with Crippen LogP contribution in [-0.4, -0.2) is 16.6 Å². The zero-order chi connectivity index (χ0) is 12.4. The summed E-state index contributed by atoms with van der Waals surface area (Å²) in [6.07, 6.45) is 0. The van der Waals surface area contributed by atoms with Gasteiger partial charge in [0.05, 0.1) is 11.3 Å². The summed E-state index contributed by atoms with van der Waals surface area (Å²) < 4.78 is 16.3. The van der Waals surface area contributed by atoms with Crippen LogP contribution in [0.2, 0.25) is 0 Å². The Morgan fingerprint density at radius 3 is 2.76 bits per heavy atom. The van der Waals surface area contributed by atoms with Gasteiger partial charge >= 0.3 is 0 Å². The van der Waals surface area contributed by atoms with Crippen molar-refractivity contribution in [1.82, 2.24) is 14.9 Å². The predicted octanol–water partition coefficient (Wildman–Crippen LogP) is 2.71. The molecular weight excluding hydrogens is 285 g/mol. The van der Waals surface area contributed by atoms with E-state index in [4.69, 9.17) is 0 Å². The number of benzene rings is 1. The fourth-order valence-electron chi connectivity index (χ4n) is 1.74. The molecule has 3 nitrogen and oxygen atoms in total. The van der Waals surface area contributed by atoms with Gasteiger partial charge in [0.25, 0.3) is 0 Å². The first-order valence-corrected chi connectivity index (χ1v) is 6.05. The molecule has 0 aliphatic heterocycles. The number of imidazole rings is 1. The van der Waals surface area contributed by atoms with Crippen molar-refractivity contribution >= 4 is 15.9 Å². The lowest BCUT2D eigenvalue weighted by Gasteiger charge is -2.06. The highest BCUT2D eigenvalue weighted by atomic mass is 79.9. The summed E-state index contributed by atoms with van der Waals surface area (Å²) in [7, 11) is 3.74. The molecular formula is C12H13BrFN3. The Balaban J connectivity index is 2.54. The average Bonchev–Trinajstić information content (AvgIpc) is 2.58. The molecule has 1 heterocycles. The summed E-state index contributed by atoms with van der Waals surface area (Å²) in [5, 5.41) is 3.06. The van der Waals surface area contributed by atoms with Crippen LogP contribution < -0.4 is 5.32 Å². The topological polar surface area (TPSA) is 29.9 Å². The van der Waals surface area contributed by atoms with Gasteiger partial charge in [-0.2, -0.15) is 0 Å². The first kappa shape index (κ1) is 12.3. The third-order valence-electron chi connectivity index (χ3n) is 2.62. The highest BCUT2D eigenvalue weighted by Crippen LogP contribution is 2.26. The van der Waals surface area contributed by atoms with Gasteiger partial charge in [-0.3, -0.25) is 0 Å². The van der Waals surface area contributed by atoms with Gasteiger partial charge in [0.2, 0.25) is 0 Å². The monoisotopic (exact) mass is 297 g/mol. The fourth-order valence-corrected chi connectivity index (χ4v) is 2.32. The van der Waals surface area contributed by atoms with Gasteiger partial charge in [-0.1, -0.05) is 12.1 Å². The third kappa shape index (κ3) is 2.25. The van der Waals surface area contributed by atoms with Crippen LogP contribution in [0.25, 0.3) is 11.4 Å². The Bertz CT molecular complexity index is 537. The van der Waals surface area contributed by atoms with Gasteiger partial charge in [-0.05, 0) is 35.1 Å². The zero-order valence-electron chi connectivity index (χ0n) is 9.67. The molecule has 0 radical (unpaired) electrons. The van der Waals surface area contributed by atoms with Crippen LogP contribution in [0.1, 0.15) is 5.69 Å². The van der Waals surface area contributed by atoms with E-state index >= 15 is 0 Å². The van der Waals surface area contributed by atoms with Crippen LogP contribution in [0.3, 0.4) is 0 Å². The quantitative estimate of drug-likeness (QED) is 0.944. The molecule has 0 aliphatic rings. The number of aromatic nitrogens is 2. The minimum atomic E-state index is -0.260. The lowest BCUT2D eigenvalue weighted by Crippen LogP contribution is -2.10. The second-order valence-corrected chi connectivity index (χ2v) is 4.49. The highest BCUT2D eigenvalue weighted by Gasteiger charge is 2.15. The van der Waals surface area contributed by atoms with Crippen molar-refractivity contribution in [2.75, 3.05) is 7.05 Å². The number of nitrogens with zero attached hydrogens (tertiary/aromatic N) is 2. The lowest BCUT2D eigenvalue weighted by molar-refractivity contribution is 0.628. The molecule has 0 amide bonds. The van der Waals surface area contributed by atoms with Crippen molar-refractivity contribution < 1.29 is 4.39 Å². The largest absolute Gasteiger partial charge is 0.329 e. The van der Waals surface area contributed by atoms with Gasteiger partial charge in [0.1, 0.15) is 16.2 Å². The predicted molar refractivity (Wildman–Crippen MR) is 69.1 cm³/mol. The molecule has 2 rings (SSSR count). The average molecular weight is 298 g/mol. The van der Waals surface area contributed by atoms with E-state index in [1.807, 2.05) is 18.7 Å². The summed E-state index contributed by atoms with van der Waals surface area (Å²) >= 11 is 3.40. The second-order valence-electron chi connectivity index (χ2n) is 3.74. The molecule has 1 N–H and O–H groups in total. The van der Waals surface area contributed by atoms with E-state index in [1.54, 1.807) is 18.2 Å².